The number of thiazole rings is 1. The standard InChI is InChI=1S/C32H33N3O4S/c1-6-13-24-28(31(37)39-8-3)29(22-15-10-12-17-26(22)38-5)35-30(36)27(40-32(35)33-24)19-23-20(4)34(18-7-2)25-16-11-9-14-21(23)25/h7,9-12,14-17,19,29H,2,6,8,13,18H2,1,3-5H3/b27-19+. The lowest BCUT2D eigenvalue weighted by atomic mass is 9.93. The van der Waals surface area contributed by atoms with Crippen LogP contribution in [0.4, 0.5) is 0 Å². The van der Waals surface area contributed by atoms with Crippen molar-refractivity contribution < 1.29 is 14.3 Å². The van der Waals surface area contributed by atoms with Gasteiger partial charge in [0.15, 0.2) is 4.80 Å². The van der Waals surface area contributed by atoms with Gasteiger partial charge in [0.05, 0.1) is 29.5 Å². The second-order valence-electron chi connectivity index (χ2n) is 9.57. The van der Waals surface area contributed by atoms with Crippen molar-refractivity contribution in [3.05, 3.63) is 109 Å². The first-order valence-electron chi connectivity index (χ1n) is 13.5. The normalized spacial score (nSPS) is 15.2. The highest BCUT2D eigenvalue weighted by molar-refractivity contribution is 7.07. The summed E-state index contributed by atoms with van der Waals surface area (Å²) in [6, 6.07) is 14.9. The lowest BCUT2D eigenvalue weighted by Gasteiger charge is -2.26. The number of hydrogen-bond acceptors (Lipinski definition) is 6. The zero-order valence-corrected chi connectivity index (χ0v) is 24.1. The Morgan fingerprint density at radius 1 is 1.15 bits per heavy atom. The third-order valence-electron chi connectivity index (χ3n) is 7.19. The number of carbonyl (C=O) groups is 1. The number of hydrogen-bond donors (Lipinski definition) is 0. The molecule has 7 nitrogen and oxygen atoms in total. The van der Waals surface area contributed by atoms with Crippen molar-refractivity contribution in [2.24, 2.45) is 4.99 Å². The lowest BCUT2D eigenvalue weighted by Crippen LogP contribution is -2.40. The SMILES string of the molecule is C=CCn1c(C)c(/C=c2/sc3n(c2=O)C(c2ccccc2OC)C(C(=O)OCC)=C(CCC)N=3)c2ccccc21. The zero-order valence-electron chi connectivity index (χ0n) is 23.3. The first kappa shape index (κ1) is 27.4. The Morgan fingerprint density at radius 3 is 2.62 bits per heavy atom. The largest absolute Gasteiger partial charge is 0.496 e. The minimum Gasteiger partial charge on any atom is -0.496 e. The molecule has 1 aliphatic rings. The van der Waals surface area contributed by atoms with E-state index in [4.69, 9.17) is 14.5 Å². The molecule has 40 heavy (non-hydrogen) atoms. The number of benzene rings is 2. The molecule has 0 spiro atoms. The lowest BCUT2D eigenvalue weighted by molar-refractivity contribution is -0.139. The molecule has 206 valence electrons. The van der Waals surface area contributed by atoms with Crippen LogP contribution in [0.3, 0.4) is 0 Å². The van der Waals surface area contributed by atoms with Crippen molar-refractivity contribution in [3.63, 3.8) is 0 Å². The number of nitrogens with zero attached hydrogens (tertiary/aromatic N) is 3. The van der Waals surface area contributed by atoms with Gasteiger partial charge in [-0.2, -0.15) is 0 Å². The number of aromatic nitrogens is 2. The Balaban J connectivity index is 1.82. The highest BCUT2D eigenvalue weighted by atomic mass is 32.1. The van der Waals surface area contributed by atoms with E-state index >= 15 is 0 Å². The number of fused-ring (bicyclic) bond motifs is 2. The maximum atomic E-state index is 14.2. The molecule has 0 amide bonds. The molecule has 4 aromatic rings. The molecule has 3 heterocycles. The predicted molar refractivity (Wildman–Crippen MR) is 159 cm³/mol. The zero-order chi connectivity index (χ0) is 28.4. The van der Waals surface area contributed by atoms with Gasteiger partial charge in [-0.3, -0.25) is 9.36 Å². The Bertz CT molecular complexity index is 1820. The van der Waals surface area contributed by atoms with Gasteiger partial charge in [-0.25, -0.2) is 9.79 Å². The van der Waals surface area contributed by atoms with Gasteiger partial charge in [-0.1, -0.05) is 67.2 Å². The first-order chi connectivity index (χ1) is 19.4. The van der Waals surface area contributed by atoms with Crippen LogP contribution in [-0.2, 0) is 16.1 Å². The number of ether oxygens (including phenoxy) is 2. The molecule has 2 aromatic carbocycles. The second kappa shape index (κ2) is 11.5. The summed E-state index contributed by atoms with van der Waals surface area (Å²) in [7, 11) is 1.59. The summed E-state index contributed by atoms with van der Waals surface area (Å²) in [6.07, 6.45) is 5.19. The van der Waals surface area contributed by atoms with E-state index in [2.05, 4.69) is 30.2 Å². The van der Waals surface area contributed by atoms with Crippen molar-refractivity contribution in [1.82, 2.24) is 9.13 Å². The fourth-order valence-corrected chi connectivity index (χ4v) is 6.44. The monoisotopic (exact) mass is 555 g/mol. The van der Waals surface area contributed by atoms with E-state index in [0.29, 0.717) is 44.9 Å². The Morgan fingerprint density at radius 2 is 1.90 bits per heavy atom. The Kier molecular flexibility index (Phi) is 7.89. The van der Waals surface area contributed by atoms with Gasteiger partial charge in [-0.15, -0.1) is 6.58 Å². The fourth-order valence-electron chi connectivity index (χ4n) is 5.44. The topological polar surface area (TPSA) is 74.8 Å². The van der Waals surface area contributed by atoms with E-state index in [-0.39, 0.29) is 12.2 Å². The third kappa shape index (κ3) is 4.62. The summed E-state index contributed by atoms with van der Waals surface area (Å²) < 4.78 is 15.6. The van der Waals surface area contributed by atoms with Crippen LogP contribution in [0.2, 0.25) is 0 Å². The average Bonchev–Trinajstić information content (AvgIpc) is 3.41. The molecular formula is C32H33N3O4S. The molecule has 0 bridgehead atoms. The van der Waals surface area contributed by atoms with Gasteiger partial charge >= 0.3 is 5.97 Å². The van der Waals surface area contributed by atoms with Gasteiger partial charge in [0.2, 0.25) is 0 Å². The molecule has 0 saturated carbocycles. The van der Waals surface area contributed by atoms with E-state index in [1.54, 1.807) is 18.6 Å². The molecule has 2 aromatic heterocycles. The van der Waals surface area contributed by atoms with Crippen LogP contribution in [0.5, 0.6) is 5.75 Å². The molecule has 1 atom stereocenters. The summed E-state index contributed by atoms with van der Waals surface area (Å²) in [5, 5.41) is 1.06. The van der Waals surface area contributed by atoms with E-state index in [0.717, 1.165) is 28.6 Å². The van der Waals surface area contributed by atoms with Gasteiger partial charge in [0.25, 0.3) is 5.56 Å². The summed E-state index contributed by atoms with van der Waals surface area (Å²) in [5.41, 5.74) is 4.64. The molecular weight excluding hydrogens is 522 g/mol. The number of esters is 1. The van der Waals surface area contributed by atoms with Crippen LogP contribution in [0.25, 0.3) is 17.0 Å². The van der Waals surface area contributed by atoms with Crippen LogP contribution in [0.15, 0.2) is 82.2 Å². The molecule has 0 saturated heterocycles. The molecule has 8 heteroatoms. The van der Waals surface area contributed by atoms with Crippen LogP contribution in [-0.4, -0.2) is 28.8 Å². The number of rotatable bonds is 9. The average molecular weight is 556 g/mol. The third-order valence-corrected chi connectivity index (χ3v) is 8.18. The maximum absolute atomic E-state index is 14.2. The minimum absolute atomic E-state index is 0.211. The van der Waals surface area contributed by atoms with Crippen molar-refractivity contribution >= 4 is 34.3 Å². The van der Waals surface area contributed by atoms with Gasteiger partial charge in [0, 0.05) is 34.3 Å². The van der Waals surface area contributed by atoms with E-state index < -0.39 is 12.0 Å². The molecule has 0 radical (unpaired) electrons. The smallest absolute Gasteiger partial charge is 0.338 e. The number of carbonyl (C=O) groups excluding carboxylic acids is 1. The highest BCUT2D eigenvalue weighted by Gasteiger charge is 2.35. The Labute approximate surface area is 237 Å². The van der Waals surface area contributed by atoms with Crippen LogP contribution in [0, 0.1) is 6.92 Å². The van der Waals surface area contributed by atoms with Crippen molar-refractivity contribution in [2.45, 2.75) is 46.2 Å². The maximum Gasteiger partial charge on any atom is 0.338 e. The molecule has 0 N–H and O–H groups in total. The predicted octanol–water partition coefficient (Wildman–Crippen LogP) is 5.04. The Hall–Kier alpha value is -4.17. The van der Waals surface area contributed by atoms with Gasteiger partial charge < -0.3 is 14.0 Å². The quantitative estimate of drug-likeness (QED) is 0.214. The number of allylic oxidation sites excluding steroid dienone is 2. The molecule has 1 aliphatic heterocycles. The van der Waals surface area contributed by atoms with Crippen LogP contribution < -0.4 is 19.6 Å². The number of para-hydroxylation sites is 2. The molecule has 1 unspecified atom stereocenters. The van der Waals surface area contributed by atoms with Crippen LogP contribution >= 0.6 is 11.3 Å². The van der Waals surface area contributed by atoms with Crippen molar-refractivity contribution in [2.75, 3.05) is 13.7 Å². The molecule has 0 aliphatic carbocycles. The van der Waals surface area contributed by atoms with E-state index in [1.807, 2.05) is 55.5 Å². The van der Waals surface area contributed by atoms with Gasteiger partial charge in [0.1, 0.15) is 11.8 Å². The number of methoxy groups -OCH3 is 1. The summed E-state index contributed by atoms with van der Waals surface area (Å²) in [5.74, 6) is 0.119. The molecule has 5 rings (SSSR count). The first-order valence-corrected chi connectivity index (χ1v) is 14.3. The van der Waals surface area contributed by atoms with Crippen LogP contribution in [0.1, 0.15) is 49.6 Å². The summed E-state index contributed by atoms with van der Waals surface area (Å²) in [4.78, 5) is 33.1. The molecule has 0 fully saturated rings. The van der Waals surface area contributed by atoms with Crippen molar-refractivity contribution in [3.8, 4) is 5.75 Å². The van der Waals surface area contributed by atoms with E-state index in [9.17, 15) is 9.59 Å². The second-order valence-corrected chi connectivity index (χ2v) is 10.6. The summed E-state index contributed by atoms with van der Waals surface area (Å²) in [6.45, 7) is 10.7. The minimum atomic E-state index is -0.724. The van der Waals surface area contributed by atoms with Gasteiger partial charge in [-0.05, 0) is 38.5 Å². The van der Waals surface area contributed by atoms with Crippen molar-refractivity contribution in [1.29, 1.82) is 0 Å². The highest BCUT2D eigenvalue weighted by Crippen LogP contribution is 2.37. The fraction of sp³-hybridized carbons (Fsp3) is 0.281. The summed E-state index contributed by atoms with van der Waals surface area (Å²) >= 11 is 1.34. The van der Waals surface area contributed by atoms with E-state index in [1.165, 1.54) is 11.3 Å².